The molecule has 0 saturated heterocycles. The minimum Gasteiger partial charge on any atom is -0.485 e. The average Bonchev–Trinajstić information content (AvgIpc) is 2.99. The minimum absolute atomic E-state index is 0.124. The summed E-state index contributed by atoms with van der Waals surface area (Å²) in [4.78, 5) is 15.9. The van der Waals surface area contributed by atoms with E-state index in [4.69, 9.17) is 9.26 Å². The molecule has 0 aliphatic heterocycles. The van der Waals surface area contributed by atoms with Gasteiger partial charge in [0.2, 0.25) is 11.7 Å². The summed E-state index contributed by atoms with van der Waals surface area (Å²) in [6, 6.07) is 6.88. The first-order chi connectivity index (χ1) is 10.2. The molecular formula is C14H17N3O3S. The highest BCUT2D eigenvalue weighted by atomic mass is 32.1. The highest BCUT2D eigenvalue weighted by Crippen LogP contribution is 2.13. The summed E-state index contributed by atoms with van der Waals surface area (Å²) < 4.78 is 10.5. The number of amides is 1. The number of nitrogens with zero attached hydrogens (tertiary/aromatic N) is 2. The standard InChI is InChI=1S/C14H17N3O3S/c1-2-13-16-12(17-20-13)9-19-11-5-3-10(4-6-11)14(18)15-7-8-21/h3-6,21H,2,7-9H2,1H3,(H,15,18). The van der Waals surface area contributed by atoms with E-state index in [-0.39, 0.29) is 12.5 Å². The Morgan fingerprint density at radius 1 is 1.38 bits per heavy atom. The van der Waals surface area contributed by atoms with Crippen molar-refractivity contribution in [3.05, 3.63) is 41.5 Å². The Hall–Kier alpha value is -2.02. The van der Waals surface area contributed by atoms with Gasteiger partial charge in [0.25, 0.3) is 5.91 Å². The van der Waals surface area contributed by atoms with E-state index in [1.165, 1.54) is 0 Å². The van der Waals surface area contributed by atoms with Gasteiger partial charge >= 0.3 is 0 Å². The maximum atomic E-state index is 11.7. The summed E-state index contributed by atoms with van der Waals surface area (Å²) in [5, 5.41) is 6.55. The summed E-state index contributed by atoms with van der Waals surface area (Å²) in [7, 11) is 0. The molecule has 2 aromatic rings. The van der Waals surface area contributed by atoms with E-state index in [0.29, 0.717) is 41.7 Å². The lowest BCUT2D eigenvalue weighted by Gasteiger charge is -2.06. The molecule has 0 fully saturated rings. The van der Waals surface area contributed by atoms with Crippen LogP contribution in [-0.4, -0.2) is 28.3 Å². The molecule has 0 unspecified atom stereocenters. The third-order valence-electron chi connectivity index (χ3n) is 2.69. The number of nitrogens with one attached hydrogen (secondary N) is 1. The van der Waals surface area contributed by atoms with Crippen LogP contribution < -0.4 is 10.1 Å². The van der Waals surface area contributed by atoms with Crippen molar-refractivity contribution in [2.45, 2.75) is 20.0 Å². The molecule has 1 heterocycles. The Bertz CT molecular complexity index is 583. The Morgan fingerprint density at radius 2 is 2.14 bits per heavy atom. The van der Waals surface area contributed by atoms with Crippen LogP contribution in [0.15, 0.2) is 28.8 Å². The number of benzene rings is 1. The number of hydrogen-bond acceptors (Lipinski definition) is 6. The van der Waals surface area contributed by atoms with Crippen molar-refractivity contribution < 1.29 is 14.1 Å². The van der Waals surface area contributed by atoms with Crippen molar-refractivity contribution in [3.63, 3.8) is 0 Å². The van der Waals surface area contributed by atoms with E-state index in [0.717, 1.165) is 0 Å². The first-order valence-electron chi connectivity index (χ1n) is 6.66. The molecule has 1 N–H and O–H groups in total. The molecule has 0 spiro atoms. The molecule has 0 radical (unpaired) electrons. The molecule has 6 nitrogen and oxygen atoms in total. The van der Waals surface area contributed by atoms with Gasteiger partial charge in [0.1, 0.15) is 5.75 Å². The molecule has 0 aliphatic rings. The smallest absolute Gasteiger partial charge is 0.251 e. The Morgan fingerprint density at radius 3 is 2.76 bits per heavy atom. The molecule has 0 aliphatic carbocycles. The van der Waals surface area contributed by atoms with Crippen molar-refractivity contribution in [2.24, 2.45) is 0 Å². The van der Waals surface area contributed by atoms with E-state index in [1.807, 2.05) is 6.92 Å². The van der Waals surface area contributed by atoms with Gasteiger partial charge in [-0.05, 0) is 24.3 Å². The van der Waals surface area contributed by atoms with Crippen molar-refractivity contribution in [1.82, 2.24) is 15.5 Å². The molecule has 1 aromatic heterocycles. The molecule has 112 valence electrons. The van der Waals surface area contributed by atoms with Crippen molar-refractivity contribution >= 4 is 18.5 Å². The van der Waals surface area contributed by atoms with E-state index in [9.17, 15) is 4.79 Å². The summed E-state index contributed by atoms with van der Waals surface area (Å²) in [6.07, 6.45) is 0.698. The van der Waals surface area contributed by atoms with Crippen LogP contribution in [0.4, 0.5) is 0 Å². The van der Waals surface area contributed by atoms with Crippen LogP contribution in [0.5, 0.6) is 5.75 Å². The van der Waals surface area contributed by atoms with Crippen LogP contribution in [0.25, 0.3) is 0 Å². The summed E-state index contributed by atoms with van der Waals surface area (Å²) in [6.45, 7) is 2.71. The van der Waals surface area contributed by atoms with Crippen LogP contribution in [0.3, 0.4) is 0 Å². The third kappa shape index (κ3) is 4.49. The number of aromatic nitrogens is 2. The monoisotopic (exact) mass is 307 g/mol. The summed E-state index contributed by atoms with van der Waals surface area (Å²) in [5.74, 6) is 2.22. The van der Waals surface area contributed by atoms with E-state index in [2.05, 4.69) is 28.1 Å². The zero-order valence-corrected chi connectivity index (χ0v) is 12.6. The third-order valence-corrected chi connectivity index (χ3v) is 2.92. The molecule has 0 bridgehead atoms. The zero-order chi connectivity index (χ0) is 15.1. The van der Waals surface area contributed by atoms with Crippen LogP contribution >= 0.6 is 12.6 Å². The highest BCUT2D eigenvalue weighted by Gasteiger charge is 2.07. The minimum atomic E-state index is -0.124. The number of rotatable bonds is 7. The topological polar surface area (TPSA) is 77.2 Å². The van der Waals surface area contributed by atoms with Gasteiger partial charge in [-0.25, -0.2) is 0 Å². The van der Waals surface area contributed by atoms with E-state index < -0.39 is 0 Å². The molecule has 7 heteroatoms. The molecule has 0 atom stereocenters. The maximum Gasteiger partial charge on any atom is 0.251 e. The fourth-order valence-corrected chi connectivity index (χ4v) is 1.73. The van der Waals surface area contributed by atoms with Gasteiger partial charge in [-0.15, -0.1) is 0 Å². The average molecular weight is 307 g/mol. The lowest BCUT2D eigenvalue weighted by Crippen LogP contribution is -2.25. The second-order valence-corrected chi connectivity index (χ2v) is 4.70. The predicted octanol–water partition coefficient (Wildman–Crippen LogP) is 1.87. The summed E-state index contributed by atoms with van der Waals surface area (Å²) >= 11 is 4.04. The fourth-order valence-electron chi connectivity index (χ4n) is 1.61. The van der Waals surface area contributed by atoms with Gasteiger partial charge in [0.05, 0.1) is 0 Å². The molecule has 0 saturated carbocycles. The van der Waals surface area contributed by atoms with Crippen molar-refractivity contribution in [3.8, 4) is 5.75 Å². The second-order valence-electron chi connectivity index (χ2n) is 4.25. The van der Waals surface area contributed by atoms with Gasteiger partial charge < -0.3 is 14.6 Å². The number of hydrogen-bond donors (Lipinski definition) is 2. The molecular weight excluding hydrogens is 290 g/mol. The molecule has 21 heavy (non-hydrogen) atoms. The van der Waals surface area contributed by atoms with E-state index in [1.54, 1.807) is 24.3 Å². The molecule has 2 rings (SSSR count). The Labute approximate surface area is 128 Å². The highest BCUT2D eigenvalue weighted by molar-refractivity contribution is 7.80. The predicted molar refractivity (Wildman–Crippen MR) is 80.6 cm³/mol. The number of ether oxygens (including phenoxy) is 1. The van der Waals surface area contributed by atoms with Crippen molar-refractivity contribution in [1.29, 1.82) is 0 Å². The summed E-state index contributed by atoms with van der Waals surface area (Å²) in [5.41, 5.74) is 0.581. The van der Waals surface area contributed by atoms with Gasteiger partial charge in [0, 0.05) is 24.3 Å². The lowest BCUT2D eigenvalue weighted by molar-refractivity contribution is 0.0956. The van der Waals surface area contributed by atoms with Gasteiger partial charge in [-0.3, -0.25) is 4.79 Å². The number of aryl methyl sites for hydroxylation is 1. The van der Waals surface area contributed by atoms with Crippen LogP contribution in [0.1, 0.15) is 29.0 Å². The molecule has 1 amide bonds. The normalized spacial score (nSPS) is 10.4. The Balaban J connectivity index is 1.88. The number of carbonyl (C=O) groups is 1. The zero-order valence-electron chi connectivity index (χ0n) is 11.7. The SMILES string of the molecule is CCc1nc(COc2ccc(C(=O)NCCS)cc2)no1. The first kappa shape index (κ1) is 15.4. The van der Waals surface area contributed by atoms with Crippen LogP contribution in [0, 0.1) is 0 Å². The van der Waals surface area contributed by atoms with Crippen LogP contribution in [0.2, 0.25) is 0 Å². The largest absolute Gasteiger partial charge is 0.485 e. The lowest BCUT2D eigenvalue weighted by atomic mass is 10.2. The van der Waals surface area contributed by atoms with Crippen LogP contribution in [-0.2, 0) is 13.0 Å². The van der Waals surface area contributed by atoms with Gasteiger partial charge in [-0.1, -0.05) is 12.1 Å². The van der Waals surface area contributed by atoms with E-state index >= 15 is 0 Å². The van der Waals surface area contributed by atoms with Crippen molar-refractivity contribution in [2.75, 3.05) is 12.3 Å². The molecule has 1 aromatic carbocycles. The first-order valence-corrected chi connectivity index (χ1v) is 7.29. The van der Waals surface area contributed by atoms with Gasteiger partial charge in [-0.2, -0.15) is 17.6 Å². The second kappa shape index (κ2) is 7.68. The number of carbonyl (C=O) groups excluding carboxylic acids is 1. The quantitative estimate of drug-likeness (QED) is 0.764. The fraction of sp³-hybridized carbons (Fsp3) is 0.357. The Kier molecular flexibility index (Phi) is 5.62. The maximum absolute atomic E-state index is 11.7. The van der Waals surface area contributed by atoms with Gasteiger partial charge in [0.15, 0.2) is 6.61 Å². The number of thiol groups is 1.